The van der Waals surface area contributed by atoms with Crippen LogP contribution >= 0.6 is 11.3 Å². The Morgan fingerprint density at radius 3 is 2.67 bits per heavy atom. The molecule has 0 saturated carbocycles. The molecule has 64 valence electrons. The fraction of sp³-hybridized carbons (Fsp3) is 0.167. The summed E-state index contributed by atoms with van der Waals surface area (Å²) in [6, 6.07) is 1.12. The summed E-state index contributed by atoms with van der Waals surface area (Å²) in [6.07, 6.45) is -3.38. The van der Waals surface area contributed by atoms with Gasteiger partial charge in [0.05, 0.1) is 5.69 Å². The lowest BCUT2D eigenvalue weighted by Crippen LogP contribution is -2.01. The number of rotatable bonds is 1. The van der Waals surface area contributed by atoms with Crippen molar-refractivity contribution in [2.75, 3.05) is 0 Å². The van der Waals surface area contributed by atoms with Crippen LogP contribution in [0.4, 0.5) is 18.9 Å². The van der Waals surface area contributed by atoms with Crippen molar-refractivity contribution in [2.24, 2.45) is 4.99 Å². The number of aliphatic imine (C=N–C) groups is 1. The van der Waals surface area contributed by atoms with Gasteiger partial charge in [0.15, 0.2) is 0 Å². The SMILES string of the molecule is O=C=Nc1ccsc1C(F)(F)F. The van der Waals surface area contributed by atoms with Gasteiger partial charge in [0, 0.05) is 0 Å². The van der Waals surface area contributed by atoms with E-state index in [0.29, 0.717) is 11.3 Å². The van der Waals surface area contributed by atoms with E-state index < -0.39 is 11.1 Å². The van der Waals surface area contributed by atoms with Crippen LogP contribution in [0, 0.1) is 0 Å². The predicted octanol–water partition coefficient (Wildman–Crippen LogP) is 2.73. The van der Waals surface area contributed by atoms with E-state index in [4.69, 9.17) is 0 Å². The molecule has 1 aromatic heterocycles. The maximum absolute atomic E-state index is 12.0. The molecule has 12 heavy (non-hydrogen) atoms. The van der Waals surface area contributed by atoms with Crippen LogP contribution in [0.3, 0.4) is 0 Å². The summed E-state index contributed by atoms with van der Waals surface area (Å²) in [4.78, 5) is 11.7. The van der Waals surface area contributed by atoms with Crippen LogP contribution in [0.15, 0.2) is 16.4 Å². The van der Waals surface area contributed by atoms with E-state index in [2.05, 4.69) is 4.99 Å². The van der Waals surface area contributed by atoms with Gasteiger partial charge in [-0.05, 0) is 11.4 Å². The molecular weight excluding hydrogens is 191 g/mol. The summed E-state index contributed by atoms with van der Waals surface area (Å²) in [5.74, 6) is 0. The van der Waals surface area contributed by atoms with Gasteiger partial charge in [0.25, 0.3) is 0 Å². The van der Waals surface area contributed by atoms with Crippen LogP contribution in [0.2, 0.25) is 0 Å². The summed E-state index contributed by atoms with van der Waals surface area (Å²) >= 11 is 0.499. The summed E-state index contributed by atoms with van der Waals surface area (Å²) in [7, 11) is 0. The lowest BCUT2D eigenvalue weighted by atomic mass is 10.4. The van der Waals surface area contributed by atoms with Crippen LogP contribution in [-0.4, -0.2) is 6.08 Å². The van der Waals surface area contributed by atoms with Crippen molar-refractivity contribution in [3.63, 3.8) is 0 Å². The van der Waals surface area contributed by atoms with Gasteiger partial charge in [-0.15, -0.1) is 11.3 Å². The Morgan fingerprint density at radius 2 is 2.17 bits per heavy atom. The number of carbonyl (C=O) groups excluding carboxylic acids is 1. The lowest BCUT2D eigenvalue weighted by molar-refractivity contribution is -0.133. The number of alkyl halides is 3. The fourth-order valence-electron chi connectivity index (χ4n) is 0.652. The zero-order chi connectivity index (χ0) is 9.19. The van der Waals surface area contributed by atoms with Crippen molar-refractivity contribution in [2.45, 2.75) is 6.18 Å². The van der Waals surface area contributed by atoms with E-state index in [1.165, 1.54) is 5.38 Å². The Bertz CT molecular complexity index is 324. The van der Waals surface area contributed by atoms with Crippen molar-refractivity contribution in [1.29, 1.82) is 0 Å². The average Bonchev–Trinajstić information content (AvgIpc) is 2.34. The Morgan fingerprint density at radius 1 is 1.50 bits per heavy atom. The quantitative estimate of drug-likeness (QED) is 0.498. The van der Waals surface area contributed by atoms with Gasteiger partial charge in [-0.2, -0.15) is 18.2 Å². The fourth-order valence-corrected chi connectivity index (χ4v) is 1.35. The molecule has 1 rings (SSSR count). The van der Waals surface area contributed by atoms with Crippen molar-refractivity contribution >= 4 is 23.1 Å². The van der Waals surface area contributed by atoms with Crippen LogP contribution < -0.4 is 0 Å². The van der Waals surface area contributed by atoms with E-state index >= 15 is 0 Å². The Labute approximate surface area is 69.4 Å². The zero-order valence-corrected chi connectivity index (χ0v) is 6.37. The first kappa shape index (κ1) is 8.96. The van der Waals surface area contributed by atoms with Crippen molar-refractivity contribution < 1.29 is 18.0 Å². The molecule has 0 saturated heterocycles. The monoisotopic (exact) mass is 193 g/mol. The maximum Gasteiger partial charge on any atom is 0.427 e. The first-order chi connectivity index (χ1) is 5.55. The minimum absolute atomic E-state index is 0.373. The lowest BCUT2D eigenvalue weighted by Gasteiger charge is -2.02. The minimum Gasteiger partial charge on any atom is -0.211 e. The number of isocyanates is 1. The number of nitrogens with zero attached hydrogens (tertiary/aromatic N) is 1. The molecule has 0 amide bonds. The van der Waals surface area contributed by atoms with Crippen LogP contribution in [0.5, 0.6) is 0 Å². The molecule has 0 atom stereocenters. The van der Waals surface area contributed by atoms with Gasteiger partial charge in [0.2, 0.25) is 6.08 Å². The molecule has 0 aromatic carbocycles. The Balaban J connectivity index is 3.16. The number of thiophene rings is 1. The first-order valence-corrected chi connectivity index (χ1v) is 3.66. The third-order valence-electron chi connectivity index (χ3n) is 1.07. The van der Waals surface area contributed by atoms with Gasteiger partial charge in [-0.1, -0.05) is 0 Å². The Hall–Kier alpha value is -1.13. The minimum atomic E-state index is -4.44. The summed E-state index contributed by atoms with van der Waals surface area (Å²) in [6.45, 7) is 0. The topological polar surface area (TPSA) is 29.4 Å². The van der Waals surface area contributed by atoms with Crippen LogP contribution in [-0.2, 0) is 11.0 Å². The van der Waals surface area contributed by atoms with E-state index in [-0.39, 0.29) is 5.69 Å². The average molecular weight is 193 g/mol. The summed E-state index contributed by atoms with van der Waals surface area (Å²) in [5.41, 5.74) is -0.373. The smallest absolute Gasteiger partial charge is 0.211 e. The molecule has 0 spiro atoms. The van der Waals surface area contributed by atoms with Crippen molar-refractivity contribution in [3.8, 4) is 0 Å². The number of halogens is 3. The molecule has 0 radical (unpaired) electrons. The second kappa shape index (κ2) is 3.08. The maximum atomic E-state index is 12.0. The second-order valence-corrected chi connectivity index (χ2v) is 2.75. The number of hydrogen-bond donors (Lipinski definition) is 0. The molecule has 0 bridgehead atoms. The molecule has 2 nitrogen and oxygen atoms in total. The van der Waals surface area contributed by atoms with E-state index in [9.17, 15) is 18.0 Å². The highest BCUT2D eigenvalue weighted by Gasteiger charge is 2.35. The van der Waals surface area contributed by atoms with Gasteiger partial charge in [0.1, 0.15) is 4.88 Å². The van der Waals surface area contributed by atoms with Crippen molar-refractivity contribution in [3.05, 3.63) is 16.3 Å². The molecule has 0 N–H and O–H groups in total. The predicted molar refractivity (Wildman–Crippen MR) is 37.1 cm³/mol. The molecule has 0 aliphatic carbocycles. The Kier molecular flexibility index (Phi) is 2.30. The molecule has 0 aliphatic heterocycles. The van der Waals surface area contributed by atoms with Gasteiger partial charge < -0.3 is 0 Å². The standard InChI is InChI=1S/C6H2F3NOS/c7-6(8,9)5-4(10-3-11)1-2-12-5/h1-2H. The van der Waals surface area contributed by atoms with E-state index in [0.717, 1.165) is 12.1 Å². The van der Waals surface area contributed by atoms with Crippen LogP contribution in [0.1, 0.15) is 4.88 Å². The molecule has 1 heterocycles. The third-order valence-corrected chi connectivity index (χ3v) is 2.02. The normalized spacial score (nSPS) is 10.9. The van der Waals surface area contributed by atoms with E-state index in [1.54, 1.807) is 0 Å². The molecule has 0 fully saturated rings. The zero-order valence-electron chi connectivity index (χ0n) is 5.55. The van der Waals surface area contributed by atoms with Gasteiger partial charge >= 0.3 is 6.18 Å². The van der Waals surface area contributed by atoms with E-state index in [1.807, 2.05) is 0 Å². The first-order valence-electron chi connectivity index (χ1n) is 2.78. The molecule has 0 aliphatic rings. The second-order valence-electron chi connectivity index (χ2n) is 1.84. The van der Waals surface area contributed by atoms with Gasteiger partial charge in [-0.3, -0.25) is 0 Å². The summed E-state index contributed by atoms with van der Waals surface area (Å²) < 4.78 is 36.1. The third kappa shape index (κ3) is 1.72. The highest BCUT2D eigenvalue weighted by molar-refractivity contribution is 7.10. The molecule has 6 heteroatoms. The van der Waals surface area contributed by atoms with Crippen molar-refractivity contribution in [1.82, 2.24) is 0 Å². The van der Waals surface area contributed by atoms with Gasteiger partial charge in [-0.25, -0.2) is 4.79 Å². The molecule has 0 unspecified atom stereocenters. The molecular formula is C6H2F3NOS. The largest absolute Gasteiger partial charge is 0.427 e. The summed E-state index contributed by atoms with van der Waals surface area (Å²) in [5, 5.41) is 1.22. The molecule has 1 aromatic rings. The van der Waals surface area contributed by atoms with Crippen LogP contribution in [0.25, 0.3) is 0 Å². The highest BCUT2D eigenvalue weighted by atomic mass is 32.1. The highest BCUT2D eigenvalue weighted by Crippen LogP contribution is 2.39. The number of hydrogen-bond acceptors (Lipinski definition) is 3.